The van der Waals surface area contributed by atoms with Gasteiger partial charge in [0.05, 0.1) is 23.7 Å². The van der Waals surface area contributed by atoms with Gasteiger partial charge in [-0.1, -0.05) is 12.1 Å². The van der Waals surface area contributed by atoms with Gasteiger partial charge in [-0.2, -0.15) is 0 Å². The zero-order valence-corrected chi connectivity index (χ0v) is 20.8. The minimum atomic E-state index is -0.677. The molecule has 9 nitrogen and oxygen atoms in total. The van der Waals surface area contributed by atoms with Crippen molar-refractivity contribution in [3.63, 3.8) is 0 Å². The Labute approximate surface area is 215 Å². The first-order valence-corrected chi connectivity index (χ1v) is 12.1. The van der Waals surface area contributed by atoms with Crippen molar-refractivity contribution in [1.82, 2.24) is 13.7 Å². The standard InChI is InChI=1S/C27H25F2N5O4/c1-15(35)30-17-4-3-5-19(13-17)33-25-24(26(37)34(27(33)38)18-7-8-18)22(14-23(36)32(25)2)31-21-9-6-16(10-11-28)12-20(21)29/h3-6,9,12-14,18,31H,7-8,10-11H2,1-2H3,(H,30,35). The molecule has 5 rings (SSSR count). The number of alkyl halides is 1. The fourth-order valence-corrected chi connectivity index (χ4v) is 4.55. The number of benzene rings is 2. The van der Waals surface area contributed by atoms with Gasteiger partial charge in [0.15, 0.2) is 0 Å². The van der Waals surface area contributed by atoms with E-state index in [1.807, 2.05) is 0 Å². The van der Waals surface area contributed by atoms with E-state index in [1.54, 1.807) is 30.3 Å². The van der Waals surface area contributed by atoms with E-state index in [4.69, 9.17) is 0 Å². The van der Waals surface area contributed by atoms with Crippen molar-refractivity contribution in [3.05, 3.63) is 91.1 Å². The van der Waals surface area contributed by atoms with Gasteiger partial charge in [0, 0.05) is 38.2 Å². The third-order valence-electron chi connectivity index (χ3n) is 6.47. The monoisotopic (exact) mass is 521 g/mol. The van der Waals surface area contributed by atoms with E-state index in [9.17, 15) is 28.0 Å². The number of carbonyl (C=O) groups excluding carboxylic acids is 1. The maximum absolute atomic E-state index is 14.9. The number of rotatable bonds is 7. The summed E-state index contributed by atoms with van der Waals surface area (Å²) in [7, 11) is 1.44. The zero-order valence-electron chi connectivity index (χ0n) is 20.8. The molecular weight excluding hydrogens is 496 g/mol. The first-order chi connectivity index (χ1) is 18.2. The number of pyridine rings is 1. The van der Waals surface area contributed by atoms with Gasteiger partial charge in [-0.15, -0.1) is 0 Å². The van der Waals surface area contributed by atoms with Crippen LogP contribution in [-0.2, 0) is 18.3 Å². The van der Waals surface area contributed by atoms with E-state index in [1.165, 1.54) is 41.3 Å². The molecule has 0 radical (unpaired) electrons. The van der Waals surface area contributed by atoms with Crippen LogP contribution in [0.4, 0.5) is 25.8 Å². The van der Waals surface area contributed by atoms with Gasteiger partial charge in [-0.25, -0.2) is 13.8 Å². The van der Waals surface area contributed by atoms with Crippen molar-refractivity contribution in [2.75, 3.05) is 17.3 Å². The van der Waals surface area contributed by atoms with Gasteiger partial charge >= 0.3 is 5.69 Å². The van der Waals surface area contributed by atoms with Crippen molar-refractivity contribution in [3.8, 4) is 5.69 Å². The average Bonchev–Trinajstić information content (AvgIpc) is 3.69. The van der Waals surface area contributed by atoms with Gasteiger partial charge in [-0.3, -0.25) is 27.9 Å². The van der Waals surface area contributed by atoms with Crippen molar-refractivity contribution >= 4 is 34.0 Å². The van der Waals surface area contributed by atoms with Crippen LogP contribution in [0.1, 0.15) is 31.4 Å². The number of hydrogen-bond acceptors (Lipinski definition) is 5. The Bertz CT molecular complexity index is 1770. The summed E-state index contributed by atoms with van der Waals surface area (Å²) < 4.78 is 31.2. The molecule has 2 aromatic heterocycles. The summed E-state index contributed by atoms with van der Waals surface area (Å²) >= 11 is 0. The number of carbonyl (C=O) groups is 1. The molecule has 4 aromatic rings. The summed E-state index contributed by atoms with van der Waals surface area (Å²) in [5.74, 6) is -0.982. The van der Waals surface area contributed by atoms with E-state index in [2.05, 4.69) is 10.6 Å². The third-order valence-corrected chi connectivity index (χ3v) is 6.47. The molecule has 0 unspecified atom stereocenters. The van der Waals surface area contributed by atoms with Crippen LogP contribution in [0.3, 0.4) is 0 Å². The Morgan fingerprint density at radius 1 is 1.05 bits per heavy atom. The van der Waals surface area contributed by atoms with Gasteiger partial charge < -0.3 is 10.6 Å². The van der Waals surface area contributed by atoms with Crippen LogP contribution in [0.2, 0.25) is 0 Å². The molecule has 1 saturated carbocycles. The maximum Gasteiger partial charge on any atom is 0.337 e. The van der Waals surface area contributed by atoms with Gasteiger partial charge in [-0.05, 0) is 48.7 Å². The normalized spacial score (nSPS) is 13.1. The number of anilines is 3. The molecule has 0 spiro atoms. The maximum atomic E-state index is 14.9. The fourth-order valence-electron chi connectivity index (χ4n) is 4.55. The van der Waals surface area contributed by atoms with Crippen LogP contribution in [0.25, 0.3) is 16.7 Å². The lowest BCUT2D eigenvalue weighted by Crippen LogP contribution is -2.41. The minimum Gasteiger partial charge on any atom is -0.352 e. The number of halogens is 2. The molecule has 2 aromatic carbocycles. The highest BCUT2D eigenvalue weighted by molar-refractivity contribution is 5.92. The van der Waals surface area contributed by atoms with Gasteiger partial charge in [0.25, 0.3) is 11.1 Å². The summed E-state index contributed by atoms with van der Waals surface area (Å²) in [4.78, 5) is 52.1. The number of nitrogens with one attached hydrogen (secondary N) is 2. The molecule has 0 saturated heterocycles. The molecule has 1 aliphatic carbocycles. The highest BCUT2D eigenvalue weighted by Gasteiger charge is 2.31. The molecule has 1 aliphatic rings. The first-order valence-electron chi connectivity index (χ1n) is 12.1. The van der Waals surface area contributed by atoms with Crippen molar-refractivity contribution in [2.24, 2.45) is 7.05 Å². The highest BCUT2D eigenvalue weighted by Crippen LogP contribution is 2.34. The van der Waals surface area contributed by atoms with E-state index in [0.29, 0.717) is 29.8 Å². The summed E-state index contributed by atoms with van der Waals surface area (Å²) in [5.41, 5.74) is -0.507. The van der Waals surface area contributed by atoms with Crippen LogP contribution in [0, 0.1) is 5.82 Å². The molecular formula is C27H25F2N5O4. The number of fused-ring (bicyclic) bond motifs is 1. The molecule has 1 fully saturated rings. The Morgan fingerprint density at radius 2 is 1.82 bits per heavy atom. The second-order valence-corrected chi connectivity index (χ2v) is 9.29. The van der Waals surface area contributed by atoms with Crippen LogP contribution in [0.5, 0.6) is 0 Å². The summed E-state index contributed by atoms with van der Waals surface area (Å²) in [6.07, 6.45) is 1.35. The first kappa shape index (κ1) is 25.1. The molecule has 38 heavy (non-hydrogen) atoms. The average molecular weight is 522 g/mol. The lowest BCUT2D eigenvalue weighted by Gasteiger charge is -2.19. The minimum absolute atomic E-state index is 0.00932. The lowest BCUT2D eigenvalue weighted by atomic mass is 10.1. The number of aromatic nitrogens is 3. The summed E-state index contributed by atoms with van der Waals surface area (Å²) in [6.45, 7) is 0.722. The predicted octanol–water partition coefficient (Wildman–Crippen LogP) is 3.54. The van der Waals surface area contributed by atoms with E-state index >= 15 is 0 Å². The van der Waals surface area contributed by atoms with Crippen LogP contribution in [-0.4, -0.2) is 26.3 Å². The van der Waals surface area contributed by atoms with Crippen molar-refractivity contribution in [2.45, 2.75) is 32.2 Å². The molecule has 2 heterocycles. The van der Waals surface area contributed by atoms with Crippen molar-refractivity contribution < 1.29 is 13.6 Å². The number of amides is 1. The highest BCUT2D eigenvalue weighted by atomic mass is 19.1. The van der Waals surface area contributed by atoms with Crippen LogP contribution in [0.15, 0.2) is 62.9 Å². The molecule has 1 amide bonds. The number of aryl methyl sites for hydroxylation is 2. The topological polar surface area (TPSA) is 107 Å². The SMILES string of the molecule is CC(=O)Nc1cccc(-n2c(=O)n(C3CC3)c(=O)c3c(Nc4ccc(CCF)cc4F)cc(=O)n(C)c32)c1. The molecule has 2 N–H and O–H groups in total. The molecule has 11 heteroatoms. The molecule has 0 atom stereocenters. The van der Waals surface area contributed by atoms with E-state index in [0.717, 1.165) is 4.57 Å². The van der Waals surface area contributed by atoms with Gasteiger partial charge in [0.2, 0.25) is 5.91 Å². The second kappa shape index (κ2) is 9.73. The van der Waals surface area contributed by atoms with Crippen molar-refractivity contribution in [1.29, 1.82) is 0 Å². The zero-order chi connectivity index (χ0) is 27.1. The molecule has 0 aliphatic heterocycles. The second-order valence-electron chi connectivity index (χ2n) is 9.29. The lowest BCUT2D eigenvalue weighted by molar-refractivity contribution is -0.114. The van der Waals surface area contributed by atoms with Gasteiger partial charge in [0.1, 0.15) is 16.9 Å². The fraction of sp³-hybridized carbons (Fsp3) is 0.259. The summed E-state index contributed by atoms with van der Waals surface area (Å²) in [5, 5.41) is 5.54. The number of nitrogens with zero attached hydrogens (tertiary/aromatic N) is 3. The Morgan fingerprint density at radius 3 is 2.47 bits per heavy atom. The van der Waals surface area contributed by atoms with E-state index < -0.39 is 29.3 Å². The molecule has 196 valence electrons. The smallest absolute Gasteiger partial charge is 0.337 e. The summed E-state index contributed by atoms with van der Waals surface area (Å²) in [6, 6.07) is 11.5. The van der Waals surface area contributed by atoms with E-state index in [-0.39, 0.29) is 40.8 Å². The quantitative estimate of drug-likeness (QED) is 0.387. The largest absolute Gasteiger partial charge is 0.352 e. The Balaban J connectivity index is 1.80. The van der Waals surface area contributed by atoms with Crippen LogP contribution >= 0.6 is 0 Å². The Kier molecular flexibility index (Phi) is 6.43. The third kappa shape index (κ3) is 4.51. The number of hydrogen-bond donors (Lipinski definition) is 2. The predicted molar refractivity (Wildman–Crippen MR) is 141 cm³/mol. The molecule has 0 bridgehead atoms. The van der Waals surface area contributed by atoms with Crippen LogP contribution < -0.4 is 27.4 Å². The Hall–Kier alpha value is -4.54.